The fraction of sp³-hybridized carbons (Fsp3) is 0.417. The predicted molar refractivity (Wildman–Crippen MR) is 57.3 cm³/mol. The van der Waals surface area contributed by atoms with Crippen LogP contribution in [0.2, 0.25) is 0 Å². The summed E-state index contributed by atoms with van der Waals surface area (Å²) in [6.45, 7) is 3.84. The van der Waals surface area contributed by atoms with Crippen molar-refractivity contribution in [3.63, 3.8) is 0 Å². The Hall–Kier alpha value is -1.45. The Labute approximate surface area is 93.2 Å². The number of rotatable bonds is 4. The highest BCUT2D eigenvalue weighted by Crippen LogP contribution is 2.25. The van der Waals surface area contributed by atoms with Gasteiger partial charge in [-0.05, 0) is 37.6 Å². The minimum absolute atomic E-state index is 0.375. The summed E-state index contributed by atoms with van der Waals surface area (Å²) in [5, 5.41) is 0. The Kier molecular flexibility index (Phi) is 3.62. The summed E-state index contributed by atoms with van der Waals surface area (Å²) in [6, 6.07) is 4.67. The molecule has 0 saturated carbocycles. The number of aldehydes is 1. The number of carbonyl (C=O) groups excluding carboxylic acids is 1. The van der Waals surface area contributed by atoms with Gasteiger partial charge in [-0.25, -0.2) is 8.78 Å². The molecule has 4 heteroatoms. The zero-order chi connectivity index (χ0) is 12.3. The number of benzene rings is 1. The maximum absolute atomic E-state index is 12.9. The van der Waals surface area contributed by atoms with Crippen LogP contribution < -0.4 is 4.74 Å². The maximum atomic E-state index is 12.9. The van der Waals surface area contributed by atoms with Gasteiger partial charge in [-0.2, -0.15) is 0 Å². The average molecular weight is 228 g/mol. The lowest BCUT2D eigenvalue weighted by molar-refractivity contribution is -0.0719. The normalized spacial score (nSPS) is 13.3. The molecular formula is C12H14F2O2. The van der Waals surface area contributed by atoms with Gasteiger partial charge in [0.15, 0.2) is 6.10 Å². The molecule has 1 atom stereocenters. The predicted octanol–water partition coefficient (Wildman–Crippen LogP) is 3.23. The third kappa shape index (κ3) is 3.02. The lowest BCUT2D eigenvalue weighted by Crippen LogP contribution is -2.32. The van der Waals surface area contributed by atoms with E-state index in [9.17, 15) is 13.6 Å². The molecule has 1 aromatic rings. The molecule has 0 aliphatic heterocycles. The van der Waals surface area contributed by atoms with E-state index >= 15 is 0 Å². The standard InChI is InChI=1S/C12H14F2O2/c1-8-6-10(7-15)4-5-11(8)16-9(2)12(3,13)14/h4-7,9H,1-3H3/t9-/m1/s1. The van der Waals surface area contributed by atoms with Crippen LogP contribution in [0.3, 0.4) is 0 Å². The van der Waals surface area contributed by atoms with E-state index in [1.807, 2.05) is 0 Å². The van der Waals surface area contributed by atoms with E-state index in [1.165, 1.54) is 19.1 Å². The molecule has 0 unspecified atom stereocenters. The molecule has 0 N–H and O–H groups in total. The lowest BCUT2D eigenvalue weighted by atomic mass is 10.1. The summed E-state index contributed by atoms with van der Waals surface area (Å²) in [7, 11) is 0. The SMILES string of the molecule is Cc1cc(C=O)ccc1O[C@H](C)C(C)(F)F. The Morgan fingerprint density at radius 3 is 2.50 bits per heavy atom. The summed E-state index contributed by atoms with van der Waals surface area (Å²) in [5.74, 6) is -2.52. The van der Waals surface area contributed by atoms with Crippen LogP contribution in [0.15, 0.2) is 18.2 Å². The number of aryl methyl sites for hydroxylation is 1. The molecule has 0 aliphatic carbocycles. The summed E-state index contributed by atoms with van der Waals surface area (Å²) in [6.07, 6.45) is -0.498. The van der Waals surface area contributed by atoms with Gasteiger partial charge in [-0.3, -0.25) is 4.79 Å². The number of halogens is 2. The fourth-order valence-electron chi connectivity index (χ4n) is 1.17. The molecular weight excluding hydrogens is 214 g/mol. The molecule has 0 bridgehead atoms. The third-order valence-electron chi connectivity index (χ3n) is 2.35. The largest absolute Gasteiger partial charge is 0.484 e. The summed E-state index contributed by atoms with van der Waals surface area (Å²) in [5.41, 5.74) is 1.17. The van der Waals surface area contributed by atoms with Crippen molar-refractivity contribution in [3.8, 4) is 5.75 Å². The number of carbonyl (C=O) groups is 1. The van der Waals surface area contributed by atoms with Gasteiger partial charge < -0.3 is 4.74 Å². The first-order valence-corrected chi connectivity index (χ1v) is 4.95. The van der Waals surface area contributed by atoms with Gasteiger partial charge in [-0.15, -0.1) is 0 Å². The van der Waals surface area contributed by atoms with Gasteiger partial charge >= 0.3 is 0 Å². The van der Waals surface area contributed by atoms with E-state index in [0.717, 1.165) is 6.92 Å². The van der Waals surface area contributed by atoms with Crippen LogP contribution in [0.1, 0.15) is 29.8 Å². The van der Waals surface area contributed by atoms with Crippen LogP contribution in [-0.4, -0.2) is 18.3 Å². The molecule has 0 radical (unpaired) electrons. The van der Waals surface area contributed by atoms with Crippen molar-refractivity contribution in [2.75, 3.05) is 0 Å². The van der Waals surface area contributed by atoms with Gasteiger partial charge in [-0.1, -0.05) is 0 Å². The Morgan fingerprint density at radius 1 is 1.44 bits per heavy atom. The van der Waals surface area contributed by atoms with Crippen molar-refractivity contribution in [2.45, 2.75) is 32.8 Å². The summed E-state index contributed by atoms with van der Waals surface area (Å²) < 4.78 is 30.9. The fourth-order valence-corrected chi connectivity index (χ4v) is 1.17. The third-order valence-corrected chi connectivity index (χ3v) is 2.35. The van der Waals surface area contributed by atoms with Crippen LogP contribution in [0.4, 0.5) is 8.78 Å². The smallest absolute Gasteiger partial charge is 0.281 e. The second kappa shape index (κ2) is 4.60. The second-order valence-electron chi connectivity index (χ2n) is 3.86. The Morgan fingerprint density at radius 2 is 2.06 bits per heavy atom. The highest BCUT2D eigenvalue weighted by molar-refractivity contribution is 5.75. The first kappa shape index (κ1) is 12.6. The first-order chi connectivity index (χ1) is 7.34. The summed E-state index contributed by atoms with van der Waals surface area (Å²) in [4.78, 5) is 10.5. The summed E-state index contributed by atoms with van der Waals surface area (Å²) >= 11 is 0. The van der Waals surface area contributed by atoms with Gasteiger partial charge in [0.2, 0.25) is 0 Å². The molecule has 0 spiro atoms. The van der Waals surface area contributed by atoms with Gasteiger partial charge in [0, 0.05) is 12.5 Å². The van der Waals surface area contributed by atoms with Gasteiger partial charge in [0.1, 0.15) is 12.0 Å². The molecule has 1 aromatic carbocycles. The van der Waals surface area contributed by atoms with Crippen molar-refractivity contribution < 1.29 is 18.3 Å². The van der Waals surface area contributed by atoms with Crippen molar-refractivity contribution in [2.24, 2.45) is 0 Å². The zero-order valence-corrected chi connectivity index (χ0v) is 9.46. The van der Waals surface area contributed by atoms with Crippen LogP contribution >= 0.6 is 0 Å². The Balaban J connectivity index is 2.86. The van der Waals surface area contributed by atoms with Gasteiger partial charge in [0.05, 0.1) is 0 Å². The molecule has 2 nitrogen and oxygen atoms in total. The molecule has 0 saturated heterocycles. The number of hydrogen-bond acceptors (Lipinski definition) is 2. The average Bonchev–Trinajstić information content (AvgIpc) is 2.19. The highest BCUT2D eigenvalue weighted by Gasteiger charge is 2.32. The second-order valence-corrected chi connectivity index (χ2v) is 3.86. The lowest BCUT2D eigenvalue weighted by Gasteiger charge is -2.21. The van der Waals surface area contributed by atoms with E-state index in [1.54, 1.807) is 13.0 Å². The number of alkyl halides is 2. The van der Waals surface area contributed by atoms with E-state index in [2.05, 4.69) is 0 Å². The highest BCUT2D eigenvalue weighted by atomic mass is 19.3. The number of ether oxygens (including phenoxy) is 1. The first-order valence-electron chi connectivity index (χ1n) is 4.95. The van der Waals surface area contributed by atoms with E-state index < -0.39 is 12.0 Å². The van der Waals surface area contributed by atoms with Crippen LogP contribution in [0.5, 0.6) is 5.75 Å². The zero-order valence-electron chi connectivity index (χ0n) is 9.46. The van der Waals surface area contributed by atoms with Crippen LogP contribution in [-0.2, 0) is 0 Å². The van der Waals surface area contributed by atoms with E-state index in [-0.39, 0.29) is 0 Å². The topological polar surface area (TPSA) is 26.3 Å². The molecule has 88 valence electrons. The van der Waals surface area contributed by atoms with E-state index in [0.29, 0.717) is 23.2 Å². The molecule has 0 fully saturated rings. The molecule has 0 aromatic heterocycles. The quantitative estimate of drug-likeness (QED) is 0.739. The molecule has 0 amide bonds. The van der Waals surface area contributed by atoms with Crippen LogP contribution in [0, 0.1) is 6.92 Å². The van der Waals surface area contributed by atoms with Gasteiger partial charge in [0.25, 0.3) is 5.92 Å². The van der Waals surface area contributed by atoms with Crippen molar-refractivity contribution in [1.82, 2.24) is 0 Å². The molecule has 1 rings (SSSR count). The van der Waals surface area contributed by atoms with Crippen molar-refractivity contribution in [1.29, 1.82) is 0 Å². The molecule has 0 aliphatic rings. The minimum Gasteiger partial charge on any atom is -0.484 e. The number of hydrogen-bond donors (Lipinski definition) is 0. The monoisotopic (exact) mass is 228 g/mol. The molecule has 16 heavy (non-hydrogen) atoms. The van der Waals surface area contributed by atoms with Crippen molar-refractivity contribution in [3.05, 3.63) is 29.3 Å². The Bertz CT molecular complexity index is 383. The minimum atomic E-state index is -2.89. The van der Waals surface area contributed by atoms with Crippen LogP contribution in [0.25, 0.3) is 0 Å². The van der Waals surface area contributed by atoms with E-state index in [4.69, 9.17) is 4.74 Å². The van der Waals surface area contributed by atoms with Crippen molar-refractivity contribution >= 4 is 6.29 Å². The maximum Gasteiger partial charge on any atom is 0.281 e. The molecule has 0 heterocycles.